The van der Waals surface area contributed by atoms with Crippen molar-refractivity contribution < 1.29 is 4.42 Å². The predicted molar refractivity (Wildman–Crippen MR) is 46.6 cm³/mol. The summed E-state index contributed by atoms with van der Waals surface area (Å²) in [5.41, 5.74) is 1.12. The van der Waals surface area contributed by atoms with Gasteiger partial charge < -0.3 is 4.42 Å². The van der Waals surface area contributed by atoms with Crippen LogP contribution < -0.4 is 0 Å². The predicted octanol–water partition coefficient (Wildman–Crippen LogP) is 2.84. The van der Waals surface area contributed by atoms with Crippen LogP contribution in [0.25, 0.3) is 11.1 Å². The van der Waals surface area contributed by atoms with Crippen molar-refractivity contribution in [1.29, 1.82) is 0 Å². The Bertz CT molecular complexity index is 438. The Balaban J connectivity index is 2.88. The van der Waals surface area contributed by atoms with Gasteiger partial charge in [0.2, 0.25) is 0 Å². The molecule has 0 atom stereocenters. The number of aryl methyl sites for hydroxylation is 1. The molecule has 2 aromatic rings. The summed E-state index contributed by atoms with van der Waals surface area (Å²) in [4.78, 5) is 7.86. The molecule has 0 unspecified atom stereocenters. The average Bonchev–Trinajstić information content (AvgIpc) is 2.29. The molecule has 0 aliphatic rings. The molecule has 0 saturated carbocycles. The molecule has 3 nitrogen and oxygen atoms in total. The molecular formula is C7H4Cl2N2O. The first-order valence-electron chi connectivity index (χ1n) is 3.26. The highest BCUT2D eigenvalue weighted by Gasteiger charge is 2.08. The maximum Gasteiger partial charge on any atom is 0.192 e. The number of nitrogens with zero attached hydrogens (tertiary/aromatic N) is 2. The fourth-order valence-corrected chi connectivity index (χ4v) is 1.43. The van der Waals surface area contributed by atoms with Gasteiger partial charge in [-0.15, -0.1) is 0 Å². The minimum Gasteiger partial charge on any atom is -0.441 e. The molecule has 0 fully saturated rings. The molecule has 62 valence electrons. The molecule has 0 spiro atoms. The summed E-state index contributed by atoms with van der Waals surface area (Å²) in [6.45, 7) is 1.74. The number of hydrogen-bond donors (Lipinski definition) is 0. The van der Waals surface area contributed by atoms with Crippen molar-refractivity contribution in [1.82, 2.24) is 9.97 Å². The van der Waals surface area contributed by atoms with Crippen molar-refractivity contribution in [2.24, 2.45) is 0 Å². The van der Waals surface area contributed by atoms with E-state index in [1.54, 1.807) is 13.0 Å². The Morgan fingerprint density at radius 1 is 1.33 bits per heavy atom. The smallest absolute Gasteiger partial charge is 0.192 e. The maximum absolute atomic E-state index is 5.76. The van der Waals surface area contributed by atoms with Gasteiger partial charge in [-0.05, 0) is 0 Å². The highest BCUT2D eigenvalue weighted by atomic mass is 35.5. The van der Waals surface area contributed by atoms with Crippen LogP contribution in [0, 0.1) is 6.92 Å². The topological polar surface area (TPSA) is 38.9 Å². The molecule has 5 heteroatoms. The summed E-state index contributed by atoms with van der Waals surface area (Å²) in [5, 5.41) is 0.581. The minimum absolute atomic E-state index is 0.273. The zero-order valence-corrected chi connectivity index (χ0v) is 7.65. The van der Waals surface area contributed by atoms with E-state index in [4.69, 9.17) is 27.6 Å². The van der Waals surface area contributed by atoms with E-state index < -0.39 is 0 Å². The van der Waals surface area contributed by atoms with Gasteiger partial charge in [0, 0.05) is 13.0 Å². The lowest BCUT2D eigenvalue weighted by Crippen LogP contribution is -1.78. The number of pyridine rings is 1. The summed E-state index contributed by atoms with van der Waals surface area (Å²) in [5.74, 6) is 0.552. The molecule has 0 aliphatic heterocycles. The number of fused-ring (bicyclic) bond motifs is 1. The van der Waals surface area contributed by atoms with Crippen LogP contribution in [-0.4, -0.2) is 9.97 Å². The summed E-state index contributed by atoms with van der Waals surface area (Å²) < 4.78 is 5.21. The number of aromatic nitrogens is 2. The monoisotopic (exact) mass is 202 g/mol. The van der Waals surface area contributed by atoms with E-state index in [9.17, 15) is 0 Å². The third-order valence-electron chi connectivity index (χ3n) is 1.41. The standard InChI is InChI=1S/C7H4Cl2N2O/c1-3-10-6-4(12-3)2-5(8)11-7(6)9/h2H,1H3. The normalized spacial score (nSPS) is 10.9. The van der Waals surface area contributed by atoms with Crippen LogP contribution in [0.5, 0.6) is 0 Å². The summed E-state index contributed by atoms with van der Waals surface area (Å²) in [7, 11) is 0. The largest absolute Gasteiger partial charge is 0.441 e. The van der Waals surface area contributed by atoms with Crippen molar-refractivity contribution >= 4 is 34.3 Å². The molecule has 0 aromatic carbocycles. The molecule has 0 radical (unpaired) electrons. The van der Waals surface area contributed by atoms with Gasteiger partial charge in [0.05, 0.1) is 0 Å². The van der Waals surface area contributed by atoms with E-state index in [-0.39, 0.29) is 5.15 Å². The van der Waals surface area contributed by atoms with Crippen LogP contribution in [-0.2, 0) is 0 Å². The Morgan fingerprint density at radius 2 is 2.08 bits per heavy atom. The average molecular weight is 203 g/mol. The van der Waals surface area contributed by atoms with Gasteiger partial charge in [-0.1, -0.05) is 23.2 Å². The van der Waals surface area contributed by atoms with E-state index in [2.05, 4.69) is 9.97 Å². The summed E-state index contributed by atoms with van der Waals surface area (Å²) in [6, 6.07) is 1.59. The minimum atomic E-state index is 0.273. The van der Waals surface area contributed by atoms with E-state index in [0.29, 0.717) is 22.1 Å². The van der Waals surface area contributed by atoms with Gasteiger partial charge in [-0.2, -0.15) is 0 Å². The molecular weight excluding hydrogens is 199 g/mol. The molecule has 2 heterocycles. The van der Waals surface area contributed by atoms with Crippen LogP contribution in [0.15, 0.2) is 10.5 Å². The fourth-order valence-electron chi connectivity index (χ4n) is 0.976. The number of rotatable bonds is 0. The van der Waals surface area contributed by atoms with Crippen molar-refractivity contribution in [2.75, 3.05) is 0 Å². The Morgan fingerprint density at radius 3 is 2.83 bits per heavy atom. The second-order valence-electron chi connectivity index (χ2n) is 2.32. The molecule has 0 aliphatic carbocycles. The molecule has 0 amide bonds. The van der Waals surface area contributed by atoms with Crippen LogP contribution in [0.4, 0.5) is 0 Å². The Hall–Kier alpha value is -0.800. The first-order valence-corrected chi connectivity index (χ1v) is 4.01. The molecule has 2 rings (SSSR count). The SMILES string of the molecule is Cc1nc2c(Cl)nc(Cl)cc2o1. The van der Waals surface area contributed by atoms with Crippen LogP contribution in [0.3, 0.4) is 0 Å². The van der Waals surface area contributed by atoms with Crippen molar-refractivity contribution in [2.45, 2.75) is 6.92 Å². The molecule has 0 saturated heterocycles. The summed E-state index contributed by atoms with van der Waals surface area (Å²) in [6.07, 6.45) is 0. The third-order valence-corrected chi connectivity index (χ3v) is 1.87. The van der Waals surface area contributed by atoms with Gasteiger partial charge in [-0.3, -0.25) is 0 Å². The third kappa shape index (κ3) is 1.15. The number of hydrogen-bond acceptors (Lipinski definition) is 3. The van der Waals surface area contributed by atoms with Gasteiger partial charge >= 0.3 is 0 Å². The van der Waals surface area contributed by atoms with Gasteiger partial charge in [0.1, 0.15) is 10.7 Å². The first-order chi connectivity index (χ1) is 5.66. The highest BCUT2D eigenvalue weighted by molar-refractivity contribution is 6.35. The van der Waals surface area contributed by atoms with E-state index >= 15 is 0 Å². The summed E-state index contributed by atoms with van der Waals surface area (Å²) >= 11 is 11.4. The fraction of sp³-hybridized carbons (Fsp3) is 0.143. The molecule has 2 aromatic heterocycles. The first kappa shape index (κ1) is 7.83. The lowest BCUT2D eigenvalue weighted by atomic mass is 10.4. The maximum atomic E-state index is 5.76. The van der Waals surface area contributed by atoms with E-state index in [1.165, 1.54) is 0 Å². The van der Waals surface area contributed by atoms with Gasteiger partial charge in [-0.25, -0.2) is 9.97 Å². The van der Waals surface area contributed by atoms with E-state index in [1.807, 2.05) is 0 Å². The molecule has 0 N–H and O–H groups in total. The quantitative estimate of drug-likeness (QED) is 0.618. The lowest BCUT2D eigenvalue weighted by molar-refractivity contribution is 0.561. The zero-order valence-electron chi connectivity index (χ0n) is 6.14. The van der Waals surface area contributed by atoms with Crippen molar-refractivity contribution in [3.8, 4) is 0 Å². The van der Waals surface area contributed by atoms with Gasteiger partial charge in [0.15, 0.2) is 16.6 Å². The van der Waals surface area contributed by atoms with Crippen LogP contribution in [0.1, 0.15) is 5.89 Å². The van der Waals surface area contributed by atoms with Crippen LogP contribution >= 0.6 is 23.2 Å². The Kier molecular flexibility index (Phi) is 1.70. The van der Waals surface area contributed by atoms with Gasteiger partial charge in [0.25, 0.3) is 0 Å². The molecule has 0 bridgehead atoms. The highest BCUT2D eigenvalue weighted by Crippen LogP contribution is 2.24. The Labute approximate surface area is 78.3 Å². The zero-order chi connectivity index (χ0) is 8.72. The number of oxazole rings is 1. The second kappa shape index (κ2) is 2.61. The van der Waals surface area contributed by atoms with Crippen LogP contribution in [0.2, 0.25) is 10.3 Å². The van der Waals surface area contributed by atoms with E-state index in [0.717, 1.165) is 0 Å². The molecule has 12 heavy (non-hydrogen) atoms. The second-order valence-corrected chi connectivity index (χ2v) is 3.06. The van der Waals surface area contributed by atoms with Crippen molar-refractivity contribution in [3.63, 3.8) is 0 Å². The lowest BCUT2D eigenvalue weighted by Gasteiger charge is -1.90. The van der Waals surface area contributed by atoms with Crippen molar-refractivity contribution in [3.05, 3.63) is 22.3 Å². The number of halogens is 2.